The molecule has 1 saturated heterocycles. The first-order valence-corrected chi connectivity index (χ1v) is 4.35. The molecule has 4 nitrogen and oxygen atoms in total. The monoisotopic (exact) mass is 183 g/mol. The van der Waals surface area contributed by atoms with Gasteiger partial charge in [0.25, 0.3) is 0 Å². The predicted octanol–water partition coefficient (Wildman–Crippen LogP) is 0.949. The minimum Gasteiger partial charge on any atom is -0.468 e. The van der Waals surface area contributed by atoms with Gasteiger partial charge in [-0.1, -0.05) is 0 Å². The van der Waals surface area contributed by atoms with E-state index in [1.54, 1.807) is 11.3 Å². The maximum Gasteiger partial charge on any atom is 0.123 e. The maximum absolute atomic E-state index is 8.92. The third-order valence-corrected chi connectivity index (χ3v) is 2.32. The molecule has 0 unspecified atom stereocenters. The van der Waals surface area contributed by atoms with Crippen molar-refractivity contribution in [3.05, 3.63) is 24.2 Å². The lowest BCUT2D eigenvalue weighted by Crippen LogP contribution is -2.17. The minimum absolute atomic E-state index is 0.0571. The first-order valence-electron chi connectivity index (χ1n) is 4.35. The van der Waals surface area contributed by atoms with Crippen LogP contribution < -0.4 is 0 Å². The van der Waals surface area contributed by atoms with E-state index in [0.29, 0.717) is 0 Å². The first kappa shape index (κ1) is 8.74. The van der Waals surface area contributed by atoms with Gasteiger partial charge in [-0.2, -0.15) is 5.06 Å². The first-order chi connectivity index (χ1) is 6.31. The largest absolute Gasteiger partial charge is 0.468 e. The maximum atomic E-state index is 8.92. The second-order valence-electron chi connectivity index (χ2n) is 3.22. The summed E-state index contributed by atoms with van der Waals surface area (Å²) in [5, 5.41) is 10.7. The van der Waals surface area contributed by atoms with Gasteiger partial charge in [-0.25, -0.2) is 0 Å². The van der Waals surface area contributed by atoms with E-state index in [9.17, 15) is 0 Å². The van der Waals surface area contributed by atoms with Crippen LogP contribution in [0, 0.1) is 0 Å². The molecular formula is C9H13NO3. The summed E-state index contributed by atoms with van der Waals surface area (Å²) < 4.78 is 5.28. The van der Waals surface area contributed by atoms with Gasteiger partial charge in [0, 0.05) is 13.5 Å². The van der Waals surface area contributed by atoms with Crippen molar-refractivity contribution in [3.8, 4) is 0 Å². The molecule has 2 rings (SSSR count). The van der Waals surface area contributed by atoms with E-state index in [0.717, 1.165) is 12.2 Å². The van der Waals surface area contributed by atoms with Crippen molar-refractivity contribution in [2.45, 2.75) is 18.6 Å². The fraction of sp³-hybridized carbons (Fsp3) is 0.556. The third-order valence-electron chi connectivity index (χ3n) is 2.32. The molecular weight excluding hydrogens is 170 g/mol. The SMILES string of the molecule is CN1O[C@H](CO)C[C@@H]1c1ccco1. The van der Waals surface area contributed by atoms with E-state index in [1.807, 2.05) is 19.2 Å². The van der Waals surface area contributed by atoms with Crippen molar-refractivity contribution >= 4 is 0 Å². The second-order valence-corrected chi connectivity index (χ2v) is 3.22. The summed E-state index contributed by atoms with van der Waals surface area (Å²) in [7, 11) is 1.85. The molecule has 0 spiro atoms. The fourth-order valence-electron chi connectivity index (χ4n) is 1.63. The van der Waals surface area contributed by atoms with Crippen LogP contribution in [-0.2, 0) is 4.84 Å². The number of rotatable bonds is 2. The summed E-state index contributed by atoms with van der Waals surface area (Å²) in [5.74, 6) is 0.887. The van der Waals surface area contributed by atoms with Crippen molar-refractivity contribution in [1.82, 2.24) is 5.06 Å². The molecule has 1 N–H and O–H groups in total. The van der Waals surface area contributed by atoms with E-state index >= 15 is 0 Å². The molecule has 1 aliphatic rings. The van der Waals surface area contributed by atoms with Crippen LogP contribution >= 0.6 is 0 Å². The number of hydrogen-bond acceptors (Lipinski definition) is 4. The minimum atomic E-state index is -0.0971. The van der Waals surface area contributed by atoms with Crippen LogP contribution in [-0.4, -0.2) is 29.9 Å². The van der Waals surface area contributed by atoms with Gasteiger partial charge < -0.3 is 9.52 Å². The van der Waals surface area contributed by atoms with Crippen molar-refractivity contribution in [3.63, 3.8) is 0 Å². The van der Waals surface area contributed by atoms with E-state index in [2.05, 4.69) is 0 Å². The molecule has 2 heterocycles. The molecule has 1 fully saturated rings. The van der Waals surface area contributed by atoms with Gasteiger partial charge in [0.15, 0.2) is 0 Å². The molecule has 1 aromatic heterocycles. The average molecular weight is 183 g/mol. The predicted molar refractivity (Wildman–Crippen MR) is 45.8 cm³/mol. The Morgan fingerprint density at radius 2 is 2.54 bits per heavy atom. The summed E-state index contributed by atoms with van der Waals surface area (Å²) >= 11 is 0. The third kappa shape index (κ3) is 1.60. The van der Waals surface area contributed by atoms with Crippen LogP contribution in [0.1, 0.15) is 18.2 Å². The summed E-state index contributed by atoms with van der Waals surface area (Å²) in [5.41, 5.74) is 0. The smallest absolute Gasteiger partial charge is 0.123 e. The molecule has 0 amide bonds. The van der Waals surface area contributed by atoms with Crippen LogP contribution in [0.4, 0.5) is 0 Å². The van der Waals surface area contributed by atoms with Crippen LogP contribution in [0.15, 0.2) is 22.8 Å². The molecule has 4 heteroatoms. The molecule has 1 aliphatic heterocycles. The van der Waals surface area contributed by atoms with E-state index in [-0.39, 0.29) is 18.8 Å². The van der Waals surface area contributed by atoms with Crippen molar-refractivity contribution in [2.24, 2.45) is 0 Å². The molecule has 13 heavy (non-hydrogen) atoms. The highest BCUT2D eigenvalue weighted by Gasteiger charge is 2.33. The molecule has 0 bridgehead atoms. The number of nitrogens with zero attached hydrogens (tertiary/aromatic N) is 1. The Morgan fingerprint density at radius 1 is 1.69 bits per heavy atom. The highest BCUT2D eigenvalue weighted by atomic mass is 16.7. The van der Waals surface area contributed by atoms with Crippen LogP contribution in [0.2, 0.25) is 0 Å². The fourth-order valence-corrected chi connectivity index (χ4v) is 1.63. The number of aliphatic hydroxyl groups is 1. The Bertz CT molecular complexity index is 260. The second kappa shape index (κ2) is 3.49. The molecule has 0 aromatic carbocycles. The Labute approximate surface area is 76.7 Å². The molecule has 2 atom stereocenters. The highest BCUT2D eigenvalue weighted by molar-refractivity contribution is 5.05. The van der Waals surface area contributed by atoms with Gasteiger partial charge in [-0.05, 0) is 12.1 Å². The zero-order valence-electron chi connectivity index (χ0n) is 7.51. The number of hydrogen-bond donors (Lipinski definition) is 1. The molecule has 1 aromatic rings. The Hall–Kier alpha value is -0.840. The van der Waals surface area contributed by atoms with Gasteiger partial charge in [0.2, 0.25) is 0 Å². The number of aliphatic hydroxyl groups excluding tert-OH is 1. The summed E-state index contributed by atoms with van der Waals surface area (Å²) in [6.45, 7) is 0.0571. The van der Waals surface area contributed by atoms with Gasteiger partial charge in [0.05, 0.1) is 18.9 Å². The Kier molecular flexibility index (Phi) is 2.35. The average Bonchev–Trinajstić information content (AvgIpc) is 2.72. The van der Waals surface area contributed by atoms with Crippen molar-refractivity contribution in [2.75, 3.05) is 13.7 Å². The van der Waals surface area contributed by atoms with E-state index < -0.39 is 0 Å². The van der Waals surface area contributed by atoms with Crippen LogP contribution in [0.5, 0.6) is 0 Å². The Morgan fingerprint density at radius 3 is 3.08 bits per heavy atom. The topological polar surface area (TPSA) is 45.8 Å². The van der Waals surface area contributed by atoms with Crippen molar-refractivity contribution < 1.29 is 14.4 Å². The van der Waals surface area contributed by atoms with Gasteiger partial charge in [-0.15, -0.1) is 0 Å². The molecule has 0 radical (unpaired) electrons. The number of furan rings is 1. The van der Waals surface area contributed by atoms with Gasteiger partial charge in [-0.3, -0.25) is 4.84 Å². The van der Waals surface area contributed by atoms with Gasteiger partial charge >= 0.3 is 0 Å². The molecule has 72 valence electrons. The van der Waals surface area contributed by atoms with E-state index in [4.69, 9.17) is 14.4 Å². The highest BCUT2D eigenvalue weighted by Crippen LogP contribution is 2.32. The normalized spacial score (nSPS) is 29.7. The van der Waals surface area contributed by atoms with E-state index in [1.165, 1.54) is 0 Å². The zero-order valence-corrected chi connectivity index (χ0v) is 7.51. The zero-order chi connectivity index (χ0) is 9.26. The summed E-state index contributed by atoms with van der Waals surface area (Å²) in [6.07, 6.45) is 2.33. The lowest BCUT2D eigenvalue weighted by molar-refractivity contribution is -0.155. The number of hydroxylamine groups is 2. The van der Waals surface area contributed by atoms with Crippen LogP contribution in [0.25, 0.3) is 0 Å². The lowest BCUT2D eigenvalue weighted by atomic mass is 10.1. The Balaban J connectivity index is 2.09. The standard InChI is InChI=1S/C9H13NO3/c1-10-8(5-7(6-11)13-10)9-3-2-4-12-9/h2-4,7-8,11H,5-6H2,1H3/t7-,8+/m0/s1. The summed E-state index contributed by atoms with van der Waals surface area (Å²) in [6, 6.07) is 3.91. The molecule has 0 saturated carbocycles. The van der Waals surface area contributed by atoms with Gasteiger partial charge in [0.1, 0.15) is 11.9 Å². The lowest BCUT2D eigenvalue weighted by Gasteiger charge is -2.14. The van der Waals surface area contributed by atoms with Crippen molar-refractivity contribution in [1.29, 1.82) is 0 Å². The van der Waals surface area contributed by atoms with Crippen LogP contribution in [0.3, 0.4) is 0 Å². The summed E-state index contributed by atoms with van der Waals surface area (Å²) in [4.78, 5) is 5.37. The molecule has 0 aliphatic carbocycles. The quantitative estimate of drug-likeness (QED) is 0.741.